The second-order valence-electron chi connectivity index (χ2n) is 5.08. The summed E-state index contributed by atoms with van der Waals surface area (Å²) in [6, 6.07) is -0.424. The van der Waals surface area contributed by atoms with Gasteiger partial charge in [-0.25, -0.2) is 0 Å². The van der Waals surface area contributed by atoms with Crippen LogP contribution in [0, 0.1) is 0 Å². The van der Waals surface area contributed by atoms with Gasteiger partial charge < -0.3 is 9.84 Å². The summed E-state index contributed by atoms with van der Waals surface area (Å²) in [5, 5.41) is 7.10. The van der Waals surface area contributed by atoms with E-state index in [1.807, 2.05) is 20.8 Å². The first-order valence-electron chi connectivity index (χ1n) is 5.51. The van der Waals surface area contributed by atoms with Crippen LogP contribution in [0.1, 0.15) is 33.6 Å². The smallest absolute Gasteiger partial charge is 0.533 e. The summed E-state index contributed by atoms with van der Waals surface area (Å²) >= 11 is 0. The molecule has 0 aromatic rings. The number of carbonyl (C=O) groups is 2. The summed E-state index contributed by atoms with van der Waals surface area (Å²) in [5.74, 6) is -0.943. The van der Waals surface area contributed by atoms with Gasteiger partial charge in [-0.2, -0.15) is 0 Å². The van der Waals surface area contributed by atoms with Crippen molar-refractivity contribution in [1.82, 2.24) is 4.90 Å². The molecule has 1 saturated heterocycles. The van der Waals surface area contributed by atoms with Crippen molar-refractivity contribution in [3.8, 4) is 0 Å². The zero-order valence-corrected chi connectivity index (χ0v) is 10.1. The highest BCUT2D eigenvalue weighted by atomic mass is 16.6. The maximum atomic E-state index is 11.5. The number of esters is 1. The Morgan fingerprint density at radius 2 is 2.06 bits per heavy atom. The summed E-state index contributed by atoms with van der Waals surface area (Å²) in [6.07, 6.45) is 1.53. The van der Waals surface area contributed by atoms with Crippen LogP contribution >= 0.6 is 0 Å². The van der Waals surface area contributed by atoms with Crippen LogP contribution in [0.25, 0.3) is 0 Å². The summed E-state index contributed by atoms with van der Waals surface area (Å²) in [5.41, 5.74) is -0.503. The lowest BCUT2D eigenvalue weighted by atomic mass is 10.2. The predicted molar refractivity (Wildman–Crippen MR) is 59.1 cm³/mol. The Balaban J connectivity index is 2.47. The number of nitrogens with zero attached hydrogens (tertiary/aromatic N) is 1. The molecule has 0 spiro atoms. The molecule has 0 amide bonds. The number of ether oxygens (including phenoxy) is 1. The lowest BCUT2D eigenvalue weighted by Crippen LogP contribution is -2.41. The maximum Gasteiger partial charge on any atom is 0.533 e. The van der Waals surface area contributed by atoms with Crippen molar-refractivity contribution in [3.63, 3.8) is 0 Å². The SMILES string of the molecule is CC(C)(C)OC(=O)CN1CCCC1C(=O)[OH2+]. The molecule has 16 heavy (non-hydrogen) atoms. The molecule has 2 N–H and O–H groups in total. The fourth-order valence-electron chi connectivity index (χ4n) is 1.85. The highest BCUT2D eigenvalue weighted by Gasteiger charge is 2.37. The third-order valence-electron chi connectivity index (χ3n) is 2.42. The van der Waals surface area contributed by atoms with E-state index in [1.54, 1.807) is 4.90 Å². The van der Waals surface area contributed by atoms with Crippen LogP contribution in [0.4, 0.5) is 0 Å². The lowest BCUT2D eigenvalue weighted by Gasteiger charge is -2.23. The van der Waals surface area contributed by atoms with Crippen LogP contribution in [-0.2, 0) is 14.3 Å². The van der Waals surface area contributed by atoms with Crippen molar-refractivity contribution in [3.05, 3.63) is 0 Å². The van der Waals surface area contributed by atoms with Gasteiger partial charge in [0, 0.05) is 4.79 Å². The minimum Gasteiger partial charge on any atom is -0.564 e. The van der Waals surface area contributed by atoms with Gasteiger partial charge >= 0.3 is 11.9 Å². The molecule has 5 nitrogen and oxygen atoms in total. The highest BCUT2D eigenvalue weighted by Crippen LogP contribution is 2.17. The molecule has 0 aromatic heterocycles. The van der Waals surface area contributed by atoms with Gasteiger partial charge in [0.2, 0.25) is 0 Å². The van der Waals surface area contributed by atoms with E-state index in [4.69, 9.17) is 9.84 Å². The first-order chi connectivity index (χ1) is 7.29. The Kier molecular flexibility index (Phi) is 3.91. The largest absolute Gasteiger partial charge is 0.564 e. The van der Waals surface area contributed by atoms with Crippen LogP contribution in [0.5, 0.6) is 0 Å². The second kappa shape index (κ2) is 4.82. The molecular formula is C11H20NO4+. The van der Waals surface area contributed by atoms with E-state index in [2.05, 4.69) is 0 Å². The molecule has 1 rings (SSSR count). The molecule has 1 aliphatic heterocycles. The van der Waals surface area contributed by atoms with Crippen molar-refractivity contribution >= 4 is 11.9 Å². The Morgan fingerprint density at radius 3 is 2.56 bits per heavy atom. The van der Waals surface area contributed by atoms with Gasteiger partial charge in [0.15, 0.2) is 6.04 Å². The molecule has 92 valence electrons. The van der Waals surface area contributed by atoms with Gasteiger partial charge in [-0.3, -0.25) is 9.69 Å². The van der Waals surface area contributed by atoms with Crippen molar-refractivity contribution in [2.45, 2.75) is 45.3 Å². The quantitative estimate of drug-likeness (QED) is 0.507. The maximum absolute atomic E-state index is 11.5. The standard InChI is InChI=1S/C11H19NO4/c1-11(2,3)16-9(13)7-12-6-4-5-8(12)10(14)15/h8H,4-7H2,1-3H3,(H,14,15)/p+1. The third-order valence-corrected chi connectivity index (χ3v) is 2.42. The van der Waals surface area contributed by atoms with Gasteiger partial charge in [-0.05, 0) is 40.2 Å². The molecule has 0 aliphatic carbocycles. The molecule has 1 fully saturated rings. The van der Waals surface area contributed by atoms with Crippen molar-refractivity contribution < 1.29 is 19.4 Å². The molecule has 0 radical (unpaired) electrons. The van der Waals surface area contributed by atoms with Crippen LogP contribution in [0.15, 0.2) is 0 Å². The molecule has 1 atom stereocenters. The van der Waals surface area contributed by atoms with Crippen molar-refractivity contribution in [2.75, 3.05) is 13.1 Å². The topological polar surface area (TPSA) is 69.5 Å². The average Bonchev–Trinajstić information content (AvgIpc) is 2.47. The second-order valence-corrected chi connectivity index (χ2v) is 5.08. The van der Waals surface area contributed by atoms with E-state index >= 15 is 0 Å². The zero-order chi connectivity index (χ0) is 12.3. The Hall–Kier alpha value is -1.10. The molecule has 5 heteroatoms. The van der Waals surface area contributed by atoms with Gasteiger partial charge in [0.1, 0.15) is 5.60 Å². The predicted octanol–water partition coefficient (Wildman–Crippen LogP) is 0.0437. The van der Waals surface area contributed by atoms with Crippen molar-refractivity contribution in [2.24, 2.45) is 0 Å². The third kappa shape index (κ3) is 3.81. The zero-order valence-electron chi connectivity index (χ0n) is 10.1. The van der Waals surface area contributed by atoms with Crippen LogP contribution in [0.3, 0.4) is 0 Å². The number of carbonyl (C=O) groups excluding carboxylic acids is 2. The Bertz CT molecular complexity index is 282. The van der Waals surface area contributed by atoms with Crippen molar-refractivity contribution in [1.29, 1.82) is 0 Å². The molecule has 1 heterocycles. The van der Waals surface area contributed by atoms with Gasteiger partial charge in [-0.15, -0.1) is 0 Å². The van der Waals surface area contributed by atoms with Crippen LogP contribution in [-0.4, -0.2) is 46.7 Å². The van der Waals surface area contributed by atoms with Gasteiger partial charge in [0.05, 0.1) is 6.54 Å². The Labute approximate surface area is 95.4 Å². The first kappa shape index (κ1) is 13.0. The number of hydrogen-bond donors (Lipinski definition) is 0. The van der Waals surface area contributed by atoms with E-state index < -0.39 is 17.6 Å². The molecule has 1 aliphatic rings. The lowest BCUT2D eigenvalue weighted by molar-refractivity contribution is -0.157. The minimum absolute atomic E-state index is 0.104. The van der Waals surface area contributed by atoms with E-state index in [0.29, 0.717) is 13.0 Å². The van der Waals surface area contributed by atoms with Gasteiger partial charge in [-0.1, -0.05) is 0 Å². The summed E-state index contributed by atoms with van der Waals surface area (Å²) < 4.78 is 5.17. The first-order valence-corrected chi connectivity index (χ1v) is 5.51. The van der Waals surface area contributed by atoms with E-state index in [-0.39, 0.29) is 12.5 Å². The van der Waals surface area contributed by atoms with Crippen LogP contribution in [0.2, 0.25) is 0 Å². The summed E-state index contributed by atoms with van der Waals surface area (Å²) in [7, 11) is 0. The summed E-state index contributed by atoms with van der Waals surface area (Å²) in [4.78, 5) is 24.3. The van der Waals surface area contributed by atoms with E-state index in [1.165, 1.54) is 0 Å². The summed E-state index contributed by atoms with van der Waals surface area (Å²) in [6.45, 7) is 6.22. The molecule has 0 saturated carbocycles. The average molecular weight is 230 g/mol. The fraction of sp³-hybridized carbons (Fsp3) is 0.818. The molecular weight excluding hydrogens is 210 g/mol. The molecule has 0 bridgehead atoms. The number of hydrogen-bond acceptors (Lipinski definition) is 4. The molecule has 1 unspecified atom stereocenters. The number of rotatable bonds is 3. The number of likely N-dealkylation sites (tertiary alicyclic amines) is 1. The fourth-order valence-corrected chi connectivity index (χ4v) is 1.85. The molecule has 0 aromatic carbocycles. The monoisotopic (exact) mass is 230 g/mol. The van der Waals surface area contributed by atoms with E-state index in [0.717, 1.165) is 6.42 Å². The van der Waals surface area contributed by atoms with E-state index in [9.17, 15) is 9.59 Å². The highest BCUT2D eigenvalue weighted by molar-refractivity contribution is 5.76. The Morgan fingerprint density at radius 1 is 1.44 bits per heavy atom. The van der Waals surface area contributed by atoms with Crippen LogP contribution < -0.4 is 0 Å². The van der Waals surface area contributed by atoms with Gasteiger partial charge in [0.25, 0.3) is 0 Å². The minimum atomic E-state index is -0.610. The normalized spacial score (nSPS) is 22.1.